The van der Waals surface area contributed by atoms with E-state index >= 15 is 0 Å². The van der Waals surface area contributed by atoms with Gasteiger partial charge in [-0.15, -0.1) is 0 Å². The molecule has 2 aliphatic rings. The predicted molar refractivity (Wildman–Crippen MR) is 136 cm³/mol. The minimum atomic E-state index is -2.12. The van der Waals surface area contributed by atoms with Crippen LogP contribution in [0.4, 0.5) is 0 Å². The fraction of sp³-hybridized carbons (Fsp3) is 0.423. The van der Waals surface area contributed by atoms with Gasteiger partial charge in [0.15, 0.2) is 29.7 Å². The molecule has 10 N–H and O–H groups in total. The third-order valence-corrected chi connectivity index (χ3v) is 7.08. The molecule has 0 aliphatic carbocycles. The standard InChI is InChI=1S/C26H28O16/c27-6-15-17(33)19(35)22(42-25-23(36)26(37,7-28)8-38-25)24(40-15)41-21-18(34)16-13(32)4-10(29)5-14(16)39-20(21)9-1-2-11(30)12(31)3-9/h1-5,15,17,19,22-25,27-33,35-37H,6-8H2. The van der Waals surface area contributed by atoms with Crippen molar-refractivity contribution in [2.45, 2.75) is 48.7 Å². The van der Waals surface area contributed by atoms with Crippen LogP contribution in [-0.2, 0) is 14.2 Å². The molecule has 3 aromatic rings. The molecule has 42 heavy (non-hydrogen) atoms. The highest BCUT2D eigenvalue weighted by Crippen LogP contribution is 2.40. The average molecular weight is 596 g/mol. The molecule has 0 radical (unpaired) electrons. The maximum absolute atomic E-state index is 13.7. The molecule has 1 aromatic heterocycles. The first kappa shape index (κ1) is 29.8. The van der Waals surface area contributed by atoms with Gasteiger partial charge in [0.1, 0.15) is 52.5 Å². The summed E-state index contributed by atoms with van der Waals surface area (Å²) in [5.74, 6) is -3.39. The highest BCUT2D eigenvalue weighted by atomic mass is 16.8. The van der Waals surface area contributed by atoms with Gasteiger partial charge in [0.05, 0.1) is 19.8 Å². The summed E-state index contributed by atoms with van der Waals surface area (Å²) in [5.41, 5.74) is -3.51. The lowest BCUT2D eigenvalue weighted by Crippen LogP contribution is -2.62. The van der Waals surface area contributed by atoms with Crippen molar-refractivity contribution in [3.05, 3.63) is 40.6 Å². The smallest absolute Gasteiger partial charge is 0.239 e. The molecule has 8 unspecified atom stereocenters. The third-order valence-electron chi connectivity index (χ3n) is 7.08. The number of benzene rings is 2. The Hall–Kier alpha value is -3.71. The highest BCUT2D eigenvalue weighted by molar-refractivity contribution is 5.88. The number of hydrogen-bond donors (Lipinski definition) is 10. The number of phenolic OH excluding ortho intramolecular Hbond substituents is 4. The number of aliphatic hydroxyl groups excluding tert-OH is 5. The second-order valence-electron chi connectivity index (χ2n) is 9.94. The molecule has 228 valence electrons. The van der Waals surface area contributed by atoms with E-state index in [1.165, 1.54) is 6.07 Å². The van der Waals surface area contributed by atoms with Gasteiger partial charge in [-0.2, -0.15) is 0 Å². The first-order valence-corrected chi connectivity index (χ1v) is 12.5. The SMILES string of the molecule is O=c1c(OC2OC(CO)C(O)C(O)C2OC2OCC(O)(CO)C2O)c(-c2ccc(O)c(O)c2)oc2cc(O)cc(O)c12. The normalized spacial score (nSPS) is 31.4. The van der Waals surface area contributed by atoms with Crippen molar-refractivity contribution in [1.82, 2.24) is 0 Å². The van der Waals surface area contributed by atoms with Crippen LogP contribution in [0.1, 0.15) is 0 Å². The van der Waals surface area contributed by atoms with Crippen LogP contribution < -0.4 is 10.2 Å². The predicted octanol–water partition coefficient (Wildman–Crippen LogP) is -2.07. The van der Waals surface area contributed by atoms with Gasteiger partial charge in [0.25, 0.3) is 0 Å². The van der Waals surface area contributed by atoms with Crippen LogP contribution in [-0.4, -0.2) is 120 Å². The third kappa shape index (κ3) is 5.08. The summed E-state index contributed by atoms with van der Waals surface area (Å²) in [7, 11) is 0. The number of hydrogen-bond acceptors (Lipinski definition) is 16. The largest absolute Gasteiger partial charge is 0.508 e. The van der Waals surface area contributed by atoms with Gasteiger partial charge in [0.2, 0.25) is 17.5 Å². The molecule has 0 amide bonds. The number of fused-ring (bicyclic) bond motifs is 1. The maximum atomic E-state index is 13.7. The van der Waals surface area contributed by atoms with E-state index in [1.54, 1.807) is 0 Å². The first-order chi connectivity index (χ1) is 19.9. The summed E-state index contributed by atoms with van der Waals surface area (Å²) < 4.78 is 28.0. The van der Waals surface area contributed by atoms with Crippen LogP contribution in [0.5, 0.6) is 28.7 Å². The average Bonchev–Trinajstić information content (AvgIpc) is 3.23. The van der Waals surface area contributed by atoms with E-state index < -0.39 is 114 Å². The molecule has 16 nitrogen and oxygen atoms in total. The monoisotopic (exact) mass is 596 g/mol. The zero-order valence-electron chi connectivity index (χ0n) is 21.5. The lowest BCUT2D eigenvalue weighted by Gasteiger charge is -2.42. The maximum Gasteiger partial charge on any atom is 0.239 e. The Morgan fingerprint density at radius 3 is 2.31 bits per heavy atom. The van der Waals surface area contributed by atoms with Gasteiger partial charge < -0.3 is 74.4 Å². The second-order valence-corrected chi connectivity index (χ2v) is 9.94. The fourth-order valence-corrected chi connectivity index (χ4v) is 4.71. The van der Waals surface area contributed by atoms with E-state index in [2.05, 4.69) is 0 Å². The van der Waals surface area contributed by atoms with E-state index in [0.29, 0.717) is 0 Å². The Morgan fingerprint density at radius 1 is 0.929 bits per heavy atom. The Labute approximate surface area is 235 Å². The Balaban J connectivity index is 1.62. The van der Waals surface area contributed by atoms with Crippen LogP contribution in [0.2, 0.25) is 0 Å². The van der Waals surface area contributed by atoms with E-state index in [-0.39, 0.29) is 11.1 Å². The molecule has 2 aromatic carbocycles. The summed E-state index contributed by atoms with van der Waals surface area (Å²) in [6, 6.07) is 5.21. The van der Waals surface area contributed by atoms with Gasteiger partial charge in [0, 0.05) is 17.7 Å². The Kier molecular flexibility index (Phi) is 7.92. The summed E-state index contributed by atoms with van der Waals surface area (Å²) in [4.78, 5) is 13.7. The molecule has 0 saturated carbocycles. The van der Waals surface area contributed by atoms with Crippen molar-refractivity contribution >= 4 is 11.0 Å². The molecule has 2 fully saturated rings. The molecule has 0 spiro atoms. The Bertz CT molecular complexity index is 1520. The molecule has 0 bridgehead atoms. The molecule has 3 heterocycles. The van der Waals surface area contributed by atoms with Crippen LogP contribution in [0.15, 0.2) is 39.5 Å². The number of rotatable bonds is 7. The molecule has 2 saturated heterocycles. The Morgan fingerprint density at radius 2 is 1.67 bits per heavy atom. The van der Waals surface area contributed by atoms with Crippen molar-refractivity contribution in [1.29, 1.82) is 0 Å². The van der Waals surface area contributed by atoms with Crippen LogP contribution in [0.25, 0.3) is 22.3 Å². The topological polar surface area (TPSA) is 269 Å². The number of aliphatic hydroxyl groups is 6. The quantitative estimate of drug-likeness (QED) is 0.131. The van der Waals surface area contributed by atoms with E-state index in [4.69, 9.17) is 23.4 Å². The molecule has 5 rings (SSSR count). The molecule has 8 atom stereocenters. The van der Waals surface area contributed by atoms with Crippen molar-refractivity contribution in [3.8, 4) is 40.1 Å². The van der Waals surface area contributed by atoms with Gasteiger partial charge in [-0.25, -0.2) is 0 Å². The molecule has 2 aliphatic heterocycles. The van der Waals surface area contributed by atoms with Gasteiger partial charge >= 0.3 is 0 Å². The van der Waals surface area contributed by atoms with Crippen LogP contribution in [0, 0.1) is 0 Å². The summed E-state index contributed by atoms with van der Waals surface area (Å²) in [5, 5.41) is 101. The minimum absolute atomic E-state index is 0.0442. The van der Waals surface area contributed by atoms with Crippen LogP contribution in [0.3, 0.4) is 0 Å². The fourth-order valence-electron chi connectivity index (χ4n) is 4.71. The number of phenols is 4. The van der Waals surface area contributed by atoms with Gasteiger partial charge in [-0.3, -0.25) is 4.79 Å². The van der Waals surface area contributed by atoms with Crippen molar-refractivity contribution in [2.75, 3.05) is 19.8 Å². The summed E-state index contributed by atoms with van der Waals surface area (Å²) >= 11 is 0. The van der Waals surface area contributed by atoms with Gasteiger partial charge in [-0.1, -0.05) is 0 Å². The van der Waals surface area contributed by atoms with Crippen molar-refractivity contribution in [2.24, 2.45) is 0 Å². The number of aromatic hydroxyl groups is 4. The molecular formula is C26H28O16. The second kappa shape index (κ2) is 11.2. The highest BCUT2D eigenvalue weighted by Gasteiger charge is 2.53. The lowest BCUT2D eigenvalue weighted by atomic mass is 9.98. The minimum Gasteiger partial charge on any atom is -0.508 e. The van der Waals surface area contributed by atoms with Gasteiger partial charge in [-0.05, 0) is 18.2 Å². The summed E-state index contributed by atoms with van der Waals surface area (Å²) in [6.45, 7) is -2.31. The van der Waals surface area contributed by atoms with E-state index in [9.17, 15) is 55.9 Å². The zero-order valence-corrected chi connectivity index (χ0v) is 21.5. The summed E-state index contributed by atoms with van der Waals surface area (Å²) in [6.07, 6.45) is -12.3. The van der Waals surface area contributed by atoms with Crippen molar-refractivity contribution in [3.63, 3.8) is 0 Å². The van der Waals surface area contributed by atoms with Crippen LogP contribution >= 0.6 is 0 Å². The van der Waals surface area contributed by atoms with E-state index in [0.717, 1.165) is 24.3 Å². The number of ether oxygens (including phenoxy) is 4. The van der Waals surface area contributed by atoms with E-state index in [1.807, 2.05) is 0 Å². The zero-order chi connectivity index (χ0) is 30.5. The molecule has 16 heteroatoms. The van der Waals surface area contributed by atoms with Crippen molar-refractivity contribution < 1.29 is 74.4 Å². The lowest BCUT2D eigenvalue weighted by molar-refractivity contribution is -0.319. The molecular weight excluding hydrogens is 568 g/mol. The first-order valence-electron chi connectivity index (χ1n) is 12.5.